The van der Waals surface area contributed by atoms with E-state index in [0.29, 0.717) is 6.61 Å². The van der Waals surface area contributed by atoms with Crippen molar-refractivity contribution in [3.05, 3.63) is 62.7 Å². The predicted molar refractivity (Wildman–Crippen MR) is 90.6 cm³/mol. The van der Waals surface area contributed by atoms with Crippen LogP contribution >= 0.6 is 0 Å². The van der Waals surface area contributed by atoms with Gasteiger partial charge in [-0.05, 0) is 49.6 Å². The average Bonchev–Trinajstić information content (AvgIpc) is 3.13. The number of aromatic hydroxyl groups is 1. The van der Waals surface area contributed by atoms with E-state index in [-0.39, 0.29) is 34.9 Å². The first-order chi connectivity index (χ1) is 12.4. The predicted octanol–water partition coefficient (Wildman–Crippen LogP) is 2.28. The van der Waals surface area contributed by atoms with Crippen LogP contribution in [0.1, 0.15) is 39.9 Å². The summed E-state index contributed by atoms with van der Waals surface area (Å²) in [5.74, 6) is -1.59. The number of hydrogen-bond acceptors (Lipinski definition) is 5. The maximum absolute atomic E-state index is 13.1. The van der Waals surface area contributed by atoms with Crippen molar-refractivity contribution in [1.82, 2.24) is 4.57 Å². The van der Waals surface area contributed by atoms with Crippen molar-refractivity contribution < 1.29 is 19.0 Å². The van der Waals surface area contributed by atoms with Gasteiger partial charge >= 0.3 is 0 Å². The second kappa shape index (κ2) is 7.10. The van der Waals surface area contributed by atoms with Gasteiger partial charge in [-0.3, -0.25) is 14.2 Å². The van der Waals surface area contributed by atoms with Crippen LogP contribution in [0.2, 0.25) is 0 Å². The molecule has 6 nitrogen and oxygen atoms in total. The minimum Gasteiger partial charge on any atom is -0.494 e. The Labute approximate surface area is 149 Å². The number of aromatic nitrogens is 1. The second-order valence-corrected chi connectivity index (χ2v) is 6.20. The van der Waals surface area contributed by atoms with Gasteiger partial charge in [0.25, 0.3) is 5.56 Å². The molecule has 1 unspecified atom stereocenters. The number of nitrogens with zero attached hydrogens (tertiary/aromatic N) is 2. The summed E-state index contributed by atoms with van der Waals surface area (Å²) in [6.45, 7) is 2.06. The number of rotatable bonds is 4. The van der Waals surface area contributed by atoms with E-state index in [1.807, 2.05) is 6.07 Å². The van der Waals surface area contributed by atoms with E-state index < -0.39 is 23.0 Å². The summed E-state index contributed by atoms with van der Waals surface area (Å²) < 4.78 is 19.6. The molecule has 0 bridgehead atoms. The topological polar surface area (TPSA) is 92.3 Å². The first kappa shape index (κ1) is 17.8. The highest BCUT2D eigenvalue weighted by Crippen LogP contribution is 2.26. The highest BCUT2D eigenvalue weighted by Gasteiger charge is 2.27. The summed E-state index contributed by atoms with van der Waals surface area (Å²) in [6.07, 6.45) is 1.31. The molecule has 1 atom stereocenters. The summed E-state index contributed by atoms with van der Waals surface area (Å²) in [4.78, 5) is 25.4. The molecule has 2 aromatic rings. The summed E-state index contributed by atoms with van der Waals surface area (Å²) in [5, 5.41) is 20.0. The fourth-order valence-electron chi connectivity index (χ4n) is 3.13. The molecule has 0 saturated carbocycles. The Bertz CT molecular complexity index is 951. The molecule has 0 spiro atoms. The number of pyridine rings is 1. The lowest BCUT2D eigenvalue weighted by Gasteiger charge is -2.18. The monoisotopic (exact) mass is 356 g/mol. The van der Waals surface area contributed by atoms with Crippen molar-refractivity contribution in [3.63, 3.8) is 0 Å². The van der Waals surface area contributed by atoms with Crippen molar-refractivity contribution in [3.8, 4) is 11.9 Å². The standard InChI is InChI=1S/C19H17FN2O4/c1-11-15(9-21)18(24)22(10-14-3-2-8-26-14)19(25)16(11)17(23)12-4-6-13(20)7-5-12/h4-7,14,25H,2-3,8,10H2,1H3. The highest BCUT2D eigenvalue weighted by atomic mass is 19.1. The van der Waals surface area contributed by atoms with E-state index in [9.17, 15) is 24.3 Å². The van der Waals surface area contributed by atoms with Crippen LogP contribution in [-0.4, -0.2) is 28.2 Å². The quantitative estimate of drug-likeness (QED) is 0.849. The van der Waals surface area contributed by atoms with Gasteiger partial charge in [0.15, 0.2) is 5.78 Å². The molecular formula is C19H17FN2O4. The first-order valence-corrected chi connectivity index (χ1v) is 8.22. The van der Waals surface area contributed by atoms with Gasteiger partial charge in [-0.2, -0.15) is 5.26 Å². The molecule has 134 valence electrons. The van der Waals surface area contributed by atoms with Gasteiger partial charge in [0.2, 0.25) is 5.88 Å². The number of carbonyl (C=O) groups excluding carboxylic acids is 1. The van der Waals surface area contributed by atoms with Gasteiger partial charge < -0.3 is 9.84 Å². The lowest BCUT2D eigenvalue weighted by molar-refractivity contribution is 0.0929. The van der Waals surface area contributed by atoms with E-state index in [1.54, 1.807) is 0 Å². The van der Waals surface area contributed by atoms with Crippen molar-refractivity contribution in [1.29, 1.82) is 5.26 Å². The van der Waals surface area contributed by atoms with Gasteiger partial charge in [0.1, 0.15) is 17.4 Å². The minimum atomic E-state index is -0.659. The van der Waals surface area contributed by atoms with Crippen molar-refractivity contribution in [2.75, 3.05) is 6.61 Å². The third-order valence-corrected chi connectivity index (χ3v) is 4.54. The molecule has 1 aromatic carbocycles. The molecule has 1 saturated heterocycles. The number of carbonyl (C=O) groups is 1. The molecule has 1 fully saturated rings. The van der Waals surface area contributed by atoms with Crippen molar-refractivity contribution in [2.24, 2.45) is 0 Å². The van der Waals surface area contributed by atoms with Crippen LogP contribution in [-0.2, 0) is 11.3 Å². The number of benzene rings is 1. The number of hydrogen-bond donors (Lipinski definition) is 1. The number of ether oxygens (including phenoxy) is 1. The third kappa shape index (κ3) is 3.11. The average molecular weight is 356 g/mol. The normalized spacial score (nSPS) is 16.4. The van der Waals surface area contributed by atoms with Crippen LogP contribution in [0, 0.1) is 24.1 Å². The van der Waals surface area contributed by atoms with E-state index in [0.717, 1.165) is 29.5 Å². The third-order valence-electron chi connectivity index (χ3n) is 4.54. The zero-order chi connectivity index (χ0) is 18.8. The highest BCUT2D eigenvalue weighted by molar-refractivity contribution is 6.11. The molecule has 7 heteroatoms. The van der Waals surface area contributed by atoms with Gasteiger partial charge in [0.05, 0.1) is 18.2 Å². The fraction of sp³-hybridized carbons (Fsp3) is 0.316. The Morgan fingerprint density at radius 1 is 1.42 bits per heavy atom. The lowest BCUT2D eigenvalue weighted by Crippen LogP contribution is -2.30. The zero-order valence-electron chi connectivity index (χ0n) is 14.2. The summed E-state index contributed by atoms with van der Waals surface area (Å²) in [5.41, 5.74) is -0.741. The van der Waals surface area contributed by atoms with E-state index in [1.165, 1.54) is 19.1 Å². The minimum absolute atomic E-state index is 0.0589. The van der Waals surface area contributed by atoms with Gasteiger partial charge in [0, 0.05) is 12.2 Å². The second-order valence-electron chi connectivity index (χ2n) is 6.20. The molecule has 2 heterocycles. The van der Waals surface area contributed by atoms with Crippen LogP contribution in [0.5, 0.6) is 5.88 Å². The van der Waals surface area contributed by atoms with E-state index in [2.05, 4.69) is 0 Å². The van der Waals surface area contributed by atoms with Crippen LogP contribution in [0.3, 0.4) is 0 Å². The fourth-order valence-corrected chi connectivity index (χ4v) is 3.13. The van der Waals surface area contributed by atoms with Crippen LogP contribution in [0.4, 0.5) is 4.39 Å². The molecule has 0 aliphatic carbocycles. The van der Waals surface area contributed by atoms with Crippen LogP contribution in [0.15, 0.2) is 29.1 Å². The van der Waals surface area contributed by atoms with E-state index >= 15 is 0 Å². The maximum atomic E-state index is 13.1. The molecule has 1 N–H and O–H groups in total. The van der Waals surface area contributed by atoms with Crippen LogP contribution < -0.4 is 5.56 Å². The Kier molecular flexibility index (Phi) is 4.87. The molecule has 0 radical (unpaired) electrons. The Balaban J connectivity index is 2.14. The zero-order valence-corrected chi connectivity index (χ0v) is 14.2. The molecule has 1 aromatic heterocycles. The van der Waals surface area contributed by atoms with E-state index in [4.69, 9.17) is 4.74 Å². The molecular weight excluding hydrogens is 339 g/mol. The van der Waals surface area contributed by atoms with Crippen molar-refractivity contribution >= 4 is 5.78 Å². The largest absolute Gasteiger partial charge is 0.494 e. The molecule has 1 aliphatic heterocycles. The smallest absolute Gasteiger partial charge is 0.271 e. The Morgan fingerprint density at radius 2 is 2.12 bits per heavy atom. The number of halogens is 1. The van der Waals surface area contributed by atoms with Gasteiger partial charge in [-0.25, -0.2) is 4.39 Å². The number of nitriles is 1. The Morgan fingerprint density at radius 3 is 2.69 bits per heavy atom. The van der Waals surface area contributed by atoms with Gasteiger partial charge in [-0.15, -0.1) is 0 Å². The summed E-state index contributed by atoms with van der Waals surface area (Å²) in [7, 11) is 0. The maximum Gasteiger partial charge on any atom is 0.271 e. The summed E-state index contributed by atoms with van der Waals surface area (Å²) >= 11 is 0. The molecule has 0 amide bonds. The SMILES string of the molecule is Cc1c(C(=O)c2ccc(F)cc2)c(O)n(CC2CCCO2)c(=O)c1C#N. The summed E-state index contributed by atoms with van der Waals surface area (Å²) in [6, 6.07) is 6.66. The van der Waals surface area contributed by atoms with Gasteiger partial charge in [-0.1, -0.05) is 0 Å². The molecule has 1 aliphatic rings. The molecule has 3 rings (SSSR count). The molecule has 26 heavy (non-hydrogen) atoms. The van der Waals surface area contributed by atoms with Crippen LogP contribution in [0.25, 0.3) is 0 Å². The first-order valence-electron chi connectivity index (χ1n) is 8.22. The van der Waals surface area contributed by atoms with Crippen molar-refractivity contribution in [2.45, 2.75) is 32.4 Å². The Hall–Kier alpha value is -2.98. The number of ketones is 1. The lowest BCUT2D eigenvalue weighted by atomic mass is 9.97.